The molecule has 0 radical (unpaired) electrons. The lowest BCUT2D eigenvalue weighted by Gasteiger charge is -2.11. The third kappa shape index (κ3) is 3.75. The lowest BCUT2D eigenvalue weighted by molar-refractivity contribution is 0.101. The van der Waals surface area contributed by atoms with Gasteiger partial charge < -0.3 is 5.32 Å². The fourth-order valence-electron chi connectivity index (χ4n) is 2.07. The van der Waals surface area contributed by atoms with Gasteiger partial charge in [-0.1, -0.05) is 35.5 Å². The number of para-hydroxylation sites is 1. The fraction of sp³-hybridized carbons (Fsp3) is 0.0588. The normalized spacial score (nSPS) is 10.5. The number of hydrogen-bond acceptors (Lipinski definition) is 3. The summed E-state index contributed by atoms with van der Waals surface area (Å²) in [6, 6.07) is 17.0. The van der Waals surface area contributed by atoms with Gasteiger partial charge in [0, 0.05) is 28.1 Å². The van der Waals surface area contributed by atoms with Crippen molar-refractivity contribution < 1.29 is 4.79 Å². The number of halogens is 1. The van der Waals surface area contributed by atoms with E-state index in [1.165, 1.54) is 0 Å². The van der Waals surface area contributed by atoms with Crippen molar-refractivity contribution in [2.24, 2.45) is 7.05 Å². The summed E-state index contributed by atoms with van der Waals surface area (Å²) >= 11 is 7.48. The van der Waals surface area contributed by atoms with Gasteiger partial charge in [-0.3, -0.25) is 9.48 Å². The molecule has 6 heteroatoms. The summed E-state index contributed by atoms with van der Waals surface area (Å²) in [5.74, 6) is -0.186. The van der Waals surface area contributed by atoms with Crippen LogP contribution in [-0.4, -0.2) is 15.7 Å². The molecule has 0 atom stereocenters. The predicted octanol–water partition coefficient (Wildman–Crippen LogP) is 4.48. The van der Waals surface area contributed by atoms with E-state index in [0.29, 0.717) is 10.7 Å². The first-order valence-corrected chi connectivity index (χ1v) is 8.15. The van der Waals surface area contributed by atoms with E-state index in [2.05, 4.69) is 10.4 Å². The SMILES string of the molecule is Cn1nccc1C(=O)Nc1ccccc1Sc1ccc(Cl)cc1. The number of carbonyl (C=O) groups is 1. The Bertz CT molecular complexity index is 830. The van der Waals surface area contributed by atoms with Gasteiger partial charge in [-0.2, -0.15) is 5.10 Å². The molecule has 0 unspecified atom stereocenters. The maximum atomic E-state index is 12.3. The zero-order chi connectivity index (χ0) is 16.2. The number of nitrogens with one attached hydrogen (secondary N) is 1. The minimum Gasteiger partial charge on any atom is -0.320 e. The summed E-state index contributed by atoms with van der Waals surface area (Å²) in [6.07, 6.45) is 1.60. The predicted molar refractivity (Wildman–Crippen MR) is 93.2 cm³/mol. The molecule has 1 aromatic heterocycles. The van der Waals surface area contributed by atoms with Gasteiger partial charge in [0.2, 0.25) is 0 Å². The molecule has 2 aromatic carbocycles. The van der Waals surface area contributed by atoms with E-state index in [1.807, 2.05) is 48.5 Å². The highest BCUT2D eigenvalue weighted by Crippen LogP contribution is 2.34. The average molecular weight is 344 g/mol. The van der Waals surface area contributed by atoms with Crippen LogP contribution in [0.3, 0.4) is 0 Å². The van der Waals surface area contributed by atoms with Gasteiger partial charge in [0.1, 0.15) is 5.69 Å². The molecule has 116 valence electrons. The zero-order valence-corrected chi connectivity index (χ0v) is 13.9. The van der Waals surface area contributed by atoms with Gasteiger partial charge in [-0.05, 0) is 42.5 Å². The van der Waals surface area contributed by atoms with Crippen LogP contribution in [0.15, 0.2) is 70.6 Å². The van der Waals surface area contributed by atoms with Crippen LogP contribution in [0.5, 0.6) is 0 Å². The van der Waals surface area contributed by atoms with E-state index in [4.69, 9.17) is 11.6 Å². The minimum absolute atomic E-state index is 0.186. The number of anilines is 1. The second-order valence-electron chi connectivity index (χ2n) is 4.85. The average Bonchev–Trinajstić information content (AvgIpc) is 2.97. The van der Waals surface area contributed by atoms with Crippen molar-refractivity contribution in [2.45, 2.75) is 9.79 Å². The van der Waals surface area contributed by atoms with Crippen LogP contribution >= 0.6 is 23.4 Å². The monoisotopic (exact) mass is 343 g/mol. The van der Waals surface area contributed by atoms with E-state index in [-0.39, 0.29) is 5.91 Å². The number of aryl methyl sites for hydroxylation is 1. The molecule has 4 nitrogen and oxygen atoms in total. The first-order chi connectivity index (χ1) is 11.1. The van der Waals surface area contributed by atoms with Crippen molar-refractivity contribution in [3.63, 3.8) is 0 Å². The van der Waals surface area contributed by atoms with Crippen LogP contribution in [-0.2, 0) is 7.05 Å². The second kappa shape index (κ2) is 6.89. The molecule has 1 heterocycles. The number of amides is 1. The van der Waals surface area contributed by atoms with Crippen molar-refractivity contribution >= 4 is 35.0 Å². The first kappa shape index (κ1) is 15.6. The number of hydrogen-bond donors (Lipinski definition) is 1. The second-order valence-corrected chi connectivity index (χ2v) is 6.40. The molecule has 0 fully saturated rings. The van der Waals surface area contributed by atoms with Gasteiger partial charge in [0.05, 0.1) is 5.69 Å². The summed E-state index contributed by atoms with van der Waals surface area (Å²) in [6.45, 7) is 0. The summed E-state index contributed by atoms with van der Waals surface area (Å²) in [7, 11) is 1.74. The summed E-state index contributed by atoms with van der Waals surface area (Å²) < 4.78 is 1.55. The summed E-state index contributed by atoms with van der Waals surface area (Å²) in [5.41, 5.74) is 1.27. The van der Waals surface area contributed by atoms with E-state index in [1.54, 1.807) is 35.8 Å². The molecule has 23 heavy (non-hydrogen) atoms. The smallest absolute Gasteiger partial charge is 0.273 e. The van der Waals surface area contributed by atoms with Gasteiger partial charge in [0.25, 0.3) is 5.91 Å². The molecule has 0 aliphatic carbocycles. The van der Waals surface area contributed by atoms with Crippen molar-refractivity contribution in [3.05, 3.63) is 71.5 Å². The van der Waals surface area contributed by atoms with E-state index < -0.39 is 0 Å². The quantitative estimate of drug-likeness (QED) is 0.759. The van der Waals surface area contributed by atoms with Crippen LogP contribution < -0.4 is 5.32 Å². The summed E-state index contributed by atoms with van der Waals surface area (Å²) in [5, 5.41) is 7.66. The maximum absolute atomic E-state index is 12.3. The molecule has 3 aromatic rings. The molecule has 0 saturated carbocycles. The van der Waals surface area contributed by atoms with Crippen LogP contribution in [0.2, 0.25) is 5.02 Å². The van der Waals surface area contributed by atoms with Crippen LogP contribution in [0.25, 0.3) is 0 Å². The van der Waals surface area contributed by atoms with E-state index in [0.717, 1.165) is 15.5 Å². The van der Waals surface area contributed by atoms with Crippen LogP contribution in [0.4, 0.5) is 5.69 Å². The van der Waals surface area contributed by atoms with Gasteiger partial charge in [0.15, 0.2) is 0 Å². The number of nitrogens with zero attached hydrogens (tertiary/aromatic N) is 2. The maximum Gasteiger partial charge on any atom is 0.273 e. The Morgan fingerprint density at radius 3 is 2.57 bits per heavy atom. The topological polar surface area (TPSA) is 46.9 Å². The lowest BCUT2D eigenvalue weighted by atomic mass is 10.3. The van der Waals surface area contributed by atoms with Gasteiger partial charge in [-0.15, -0.1) is 0 Å². The molecular weight excluding hydrogens is 330 g/mol. The Labute approximate surface area is 143 Å². The fourth-order valence-corrected chi connectivity index (χ4v) is 3.10. The number of benzene rings is 2. The number of carbonyl (C=O) groups excluding carboxylic acids is 1. The van der Waals surface area contributed by atoms with Crippen LogP contribution in [0.1, 0.15) is 10.5 Å². The number of rotatable bonds is 4. The molecule has 1 amide bonds. The van der Waals surface area contributed by atoms with Gasteiger partial charge >= 0.3 is 0 Å². The minimum atomic E-state index is -0.186. The van der Waals surface area contributed by atoms with E-state index in [9.17, 15) is 4.79 Å². The Morgan fingerprint density at radius 1 is 1.13 bits per heavy atom. The standard InChI is InChI=1S/C17H14ClN3OS/c1-21-15(10-11-19-21)17(22)20-14-4-2-3-5-16(14)23-13-8-6-12(18)7-9-13/h2-11H,1H3,(H,20,22). The highest BCUT2D eigenvalue weighted by molar-refractivity contribution is 7.99. The molecule has 0 aliphatic rings. The summed E-state index contributed by atoms with van der Waals surface area (Å²) in [4.78, 5) is 14.4. The highest BCUT2D eigenvalue weighted by atomic mass is 35.5. The number of aromatic nitrogens is 2. The highest BCUT2D eigenvalue weighted by Gasteiger charge is 2.12. The Balaban J connectivity index is 1.82. The van der Waals surface area contributed by atoms with Crippen molar-refractivity contribution in [1.29, 1.82) is 0 Å². The molecule has 3 rings (SSSR count). The molecular formula is C17H14ClN3OS. The first-order valence-electron chi connectivity index (χ1n) is 6.95. The largest absolute Gasteiger partial charge is 0.320 e. The third-order valence-electron chi connectivity index (χ3n) is 3.23. The zero-order valence-electron chi connectivity index (χ0n) is 12.4. The van der Waals surface area contributed by atoms with Crippen molar-refractivity contribution in [3.8, 4) is 0 Å². The lowest BCUT2D eigenvalue weighted by Crippen LogP contribution is -2.16. The molecule has 0 aliphatic heterocycles. The Kier molecular flexibility index (Phi) is 4.69. The van der Waals surface area contributed by atoms with Crippen molar-refractivity contribution in [1.82, 2.24) is 9.78 Å². The molecule has 1 N–H and O–H groups in total. The third-order valence-corrected chi connectivity index (χ3v) is 4.57. The molecule has 0 bridgehead atoms. The Hall–Kier alpha value is -2.24. The van der Waals surface area contributed by atoms with E-state index >= 15 is 0 Å². The van der Waals surface area contributed by atoms with Gasteiger partial charge in [-0.25, -0.2) is 0 Å². The van der Waals surface area contributed by atoms with Crippen molar-refractivity contribution in [2.75, 3.05) is 5.32 Å². The molecule has 0 saturated heterocycles. The molecule has 0 spiro atoms. The Morgan fingerprint density at radius 2 is 1.87 bits per heavy atom. The van der Waals surface area contributed by atoms with Crippen LogP contribution in [0, 0.1) is 0 Å².